The lowest BCUT2D eigenvalue weighted by atomic mass is 9.89. The molecule has 0 radical (unpaired) electrons. The Labute approximate surface area is 133 Å². The average Bonchev–Trinajstić information content (AvgIpc) is 2.43. The van der Waals surface area contributed by atoms with Crippen LogP contribution in [0.15, 0.2) is 53.0 Å². The molecule has 1 aliphatic rings. The molecule has 8 heteroatoms. The van der Waals surface area contributed by atoms with Gasteiger partial charge in [0.25, 0.3) is 0 Å². The van der Waals surface area contributed by atoms with E-state index in [1.54, 1.807) is 24.3 Å². The minimum absolute atomic E-state index is 0.0678. The first-order valence-corrected chi connectivity index (χ1v) is 8.51. The van der Waals surface area contributed by atoms with E-state index in [-0.39, 0.29) is 17.2 Å². The van der Waals surface area contributed by atoms with Crippen molar-refractivity contribution in [2.24, 2.45) is 10.7 Å². The van der Waals surface area contributed by atoms with Gasteiger partial charge in [-0.25, -0.2) is 4.57 Å². The van der Waals surface area contributed by atoms with Gasteiger partial charge in [-0.2, -0.15) is 4.76 Å². The monoisotopic (exact) mass is 339 g/mol. The Balaban J connectivity index is 2.10. The largest absolute Gasteiger partial charge is 0.508 e. The maximum Gasteiger partial charge on any atom is 0.448 e. The second-order valence-electron chi connectivity index (χ2n) is 5.27. The Morgan fingerprint density at radius 3 is 2.65 bits per heavy atom. The number of hydrogen-bond acceptors (Lipinski definition) is 4. The zero-order chi connectivity index (χ0) is 17.0. The molecule has 0 bridgehead atoms. The smallest absolute Gasteiger partial charge is 0.448 e. The van der Waals surface area contributed by atoms with Crippen LogP contribution in [0.4, 0.5) is 0 Å². The van der Waals surface area contributed by atoms with Gasteiger partial charge in [0.2, 0.25) is 0 Å². The molecular weight excluding hydrogens is 321 g/mol. The minimum atomic E-state index is -4.67. The topological polar surface area (TPSA) is 131 Å². The van der Waals surface area contributed by atoms with Gasteiger partial charge in [0.15, 0.2) is 0 Å². The number of aryl methyl sites for hydroxylation is 1. The molecule has 124 valence electrons. The van der Waals surface area contributed by atoms with E-state index in [0.29, 0.717) is 12.8 Å². The van der Waals surface area contributed by atoms with Gasteiger partial charge in [0.05, 0.1) is 11.8 Å². The van der Waals surface area contributed by atoms with Crippen LogP contribution < -0.4 is 0 Å². The second kappa shape index (κ2) is 7.10. The van der Waals surface area contributed by atoms with E-state index in [4.69, 9.17) is 9.79 Å². The third kappa shape index (κ3) is 5.33. The van der Waals surface area contributed by atoms with Gasteiger partial charge in [-0.15, -0.1) is 0 Å². The molecule has 1 aromatic rings. The molecule has 0 aliphatic heterocycles. The molecule has 0 fully saturated rings. The fourth-order valence-electron chi connectivity index (χ4n) is 2.37. The van der Waals surface area contributed by atoms with Crippen LogP contribution >= 0.6 is 7.75 Å². The standard InChI is InChI=1S/C15H18NO6P/c17-11-3-1-2-10(8-11)4-7-15(19)13-6-5-12(18)9-14(13)16-23(20,21)22/h1-3,5-6,8-9,13,15,17-19H,4,7H2,(H2,20,21,22)/b16-14+. The van der Waals surface area contributed by atoms with Gasteiger partial charge in [-0.05, 0) is 36.6 Å². The minimum Gasteiger partial charge on any atom is -0.508 e. The average molecular weight is 339 g/mol. The summed E-state index contributed by atoms with van der Waals surface area (Å²) in [7, 11) is -4.67. The molecule has 2 atom stereocenters. The summed E-state index contributed by atoms with van der Waals surface area (Å²) in [6.45, 7) is 0. The maximum absolute atomic E-state index is 11.1. The zero-order valence-corrected chi connectivity index (χ0v) is 13.0. The summed E-state index contributed by atoms with van der Waals surface area (Å²) in [5, 5.41) is 29.2. The fourth-order valence-corrected chi connectivity index (χ4v) is 2.87. The third-order valence-electron chi connectivity index (χ3n) is 3.41. The zero-order valence-electron chi connectivity index (χ0n) is 12.1. The summed E-state index contributed by atoms with van der Waals surface area (Å²) in [5.41, 5.74) is 0.762. The van der Waals surface area contributed by atoms with E-state index in [1.165, 1.54) is 12.2 Å². The molecule has 5 N–H and O–H groups in total. The quantitative estimate of drug-likeness (QED) is 0.520. The SMILES string of the molecule is O=P(O)(O)/N=C1\C=C(O)C=CC1C(O)CCc1cccc(O)c1. The van der Waals surface area contributed by atoms with Gasteiger partial charge >= 0.3 is 7.75 Å². The van der Waals surface area contributed by atoms with Crippen LogP contribution in [0.5, 0.6) is 5.75 Å². The first kappa shape index (κ1) is 17.4. The molecule has 0 saturated carbocycles. The van der Waals surface area contributed by atoms with Crippen LogP contribution in [0.2, 0.25) is 0 Å². The number of phenols is 1. The van der Waals surface area contributed by atoms with Crippen LogP contribution in [-0.4, -0.2) is 36.9 Å². The summed E-state index contributed by atoms with van der Waals surface area (Å²) >= 11 is 0. The number of benzene rings is 1. The van der Waals surface area contributed by atoms with E-state index >= 15 is 0 Å². The van der Waals surface area contributed by atoms with Crippen molar-refractivity contribution in [1.29, 1.82) is 0 Å². The molecule has 7 nitrogen and oxygen atoms in total. The Morgan fingerprint density at radius 2 is 2.00 bits per heavy atom. The van der Waals surface area contributed by atoms with Crippen molar-refractivity contribution in [1.82, 2.24) is 0 Å². The molecular formula is C15H18NO6P. The van der Waals surface area contributed by atoms with Crippen LogP contribution in [0.1, 0.15) is 12.0 Å². The van der Waals surface area contributed by atoms with E-state index in [9.17, 15) is 19.9 Å². The summed E-state index contributed by atoms with van der Waals surface area (Å²) in [4.78, 5) is 17.9. The molecule has 2 rings (SSSR count). The van der Waals surface area contributed by atoms with Crippen molar-refractivity contribution in [2.75, 3.05) is 0 Å². The van der Waals surface area contributed by atoms with Crippen LogP contribution in [-0.2, 0) is 11.0 Å². The van der Waals surface area contributed by atoms with Gasteiger partial charge in [-0.3, -0.25) is 0 Å². The molecule has 0 saturated heterocycles. The normalized spacial score (nSPS) is 21.3. The predicted molar refractivity (Wildman–Crippen MR) is 85.3 cm³/mol. The summed E-state index contributed by atoms with van der Waals surface area (Å²) < 4.78 is 14.3. The van der Waals surface area contributed by atoms with E-state index < -0.39 is 19.8 Å². The molecule has 2 unspecified atom stereocenters. The van der Waals surface area contributed by atoms with Gasteiger partial charge < -0.3 is 25.1 Å². The van der Waals surface area contributed by atoms with Gasteiger partial charge in [0, 0.05) is 12.0 Å². The Hall–Kier alpha value is -1.92. The number of allylic oxidation sites excluding steroid dienone is 2. The molecule has 23 heavy (non-hydrogen) atoms. The lowest BCUT2D eigenvalue weighted by molar-refractivity contribution is 0.146. The Kier molecular flexibility index (Phi) is 5.38. The highest BCUT2D eigenvalue weighted by molar-refractivity contribution is 7.50. The molecule has 1 aliphatic carbocycles. The van der Waals surface area contributed by atoms with Crippen LogP contribution in [0, 0.1) is 5.92 Å². The molecule has 0 heterocycles. The summed E-state index contributed by atoms with van der Waals surface area (Å²) in [5.74, 6) is -0.782. The molecule has 0 amide bonds. The predicted octanol–water partition coefficient (Wildman–Crippen LogP) is 1.85. The number of rotatable bonds is 5. The van der Waals surface area contributed by atoms with Crippen molar-refractivity contribution >= 4 is 13.5 Å². The van der Waals surface area contributed by atoms with Crippen LogP contribution in [0.25, 0.3) is 0 Å². The first-order valence-electron chi connectivity index (χ1n) is 6.95. The van der Waals surface area contributed by atoms with E-state index in [2.05, 4.69) is 4.76 Å². The second-order valence-corrected chi connectivity index (χ2v) is 6.49. The maximum atomic E-state index is 11.1. The highest BCUT2D eigenvalue weighted by Crippen LogP contribution is 2.38. The number of aliphatic hydroxyl groups excluding tert-OH is 2. The fraction of sp³-hybridized carbons (Fsp3) is 0.267. The Bertz CT molecular complexity index is 706. The van der Waals surface area contributed by atoms with Gasteiger partial charge in [0.1, 0.15) is 11.5 Å². The molecule has 0 spiro atoms. The summed E-state index contributed by atoms with van der Waals surface area (Å²) in [6.07, 6.45) is 3.76. The van der Waals surface area contributed by atoms with Crippen molar-refractivity contribution in [3.05, 3.63) is 53.8 Å². The highest BCUT2D eigenvalue weighted by atomic mass is 31.2. The van der Waals surface area contributed by atoms with Crippen molar-refractivity contribution in [2.45, 2.75) is 18.9 Å². The lowest BCUT2D eigenvalue weighted by Gasteiger charge is -2.22. The van der Waals surface area contributed by atoms with Crippen molar-refractivity contribution < 1.29 is 29.7 Å². The molecule has 0 aromatic heterocycles. The van der Waals surface area contributed by atoms with E-state index in [0.717, 1.165) is 11.6 Å². The number of hydrogen-bond donors (Lipinski definition) is 5. The summed E-state index contributed by atoms with van der Waals surface area (Å²) in [6, 6.07) is 6.63. The third-order valence-corrected chi connectivity index (χ3v) is 3.90. The van der Waals surface area contributed by atoms with E-state index in [1.807, 2.05) is 0 Å². The van der Waals surface area contributed by atoms with Crippen molar-refractivity contribution in [3.8, 4) is 5.75 Å². The Morgan fingerprint density at radius 1 is 1.26 bits per heavy atom. The van der Waals surface area contributed by atoms with Gasteiger partial charge in [-0.1, -0.05) is 18.2 Å². The number of nitrogens with zero attached hydrogens (tertiary/aromatic N) is 1. The van der Waals surface area contributed by atoms with Crippen LogP contribution in [0.3, 0.4) is 0 Å². The number of aromatic hydroxyl groups is 1. The molecule has 1 aromatic carbocycles. The van der Waals surface area contributed by atoms with Crippen molar-refractivity contribution in [3.63, 3.8) is 0 Å². The highest BCUT2D eigenvalue weighted by Gasteiger charge is 2.26. The number of aliphatic hydroxyl groups is 2. The first-order chi connectivity index (χ1) is 10.7. The number of phenolic OH excluding ortho intramolecular Hbond substituents is 1. The lowest BCUT2D eigenvalue weighted by Crippen LogP contribution is -2.28.